The van der Waals surface area contributed by atoms with E-state index in [9.17, 15) is 13.9 Å². The molecule has 182 valence electrons. The Hall–Kier alpha value is -3.47. The van der Waals surface area contributed by atoms with Gasteiger partial charge in [0.05, 0.1) is 18.5 Å². The number of halogens is 2. The molecule has 1 atom stereocenters. The van der Waals surface area contributed by atoms with Gasteiger partial charge in [-0.3, -0.25) is 9.80 Å². The summed E-state index contributed by atoms with van der Waals surface area (Å²) in [6.45, 7) is 3.94. The van der Waals surface area contributed by atoms with Crippen LogP contribution >= 0.6 is 0 Å². The molecule has 0 amide bonds. The quantitative estimate of drug-likeness (QED) is 0.358. The number of anilines is 1. The van der Waals surface area contributed by atoms with Crippen molar-refractivity contribution in [1.29, 1.82) is 0 Å². The van der Waals surface area contributed by atoms with Crippen LogP contribution in [0.25, 0.3) is 11.2 Å². The molecule has 2 aromatic carbocycles. The van der Waals surface area contributed by atoms with Crippen molar-refractivity contribution in [2.45, 2.75) is 12.1 Å². The average Bonchev–Trinajstić information content (AvgIpc) is 3.36. The Labute approximate surface area is 201 Å². The lowest BCUT2D eigenvalue weighted by Gasteiger charge is -2.40. The van der Waals surface area contributed by atoms with E-state index >= 15 is 0 Å². The highest BCUT2D eigenvalue weighted by Gasteiger charge is 2.27. The van der Waals surface area contributed by atoms with Crippen LogP contribution in [-0.4, -0.2) is 80.2 Å². The number of H-pyrrole nitrogens is 1. The highest BCUT2D eigenvalue weighted by molar-refractivity contribution is 5.81. The Balaban J connectivity index is 1.19. The largest absolute Gasteiger partial charge is 0.390 e. The van der Waals surface area contributed by atoms with Gasteiger partial charge in [0.25, 0.3) is 0 Å². The smallest absolute Gasteiger partial charge is 0.182 e. The molecule has 4 aromatic rings. The molecule has 1 unspecified atom stereocenters. The van der Waals surface area contributed by atoms with Gasteiger partial charge >= 0.3 is 0 Å². The van der Waals surface area contributed by atoms with E-state index in [0.717, 1.165) is 37.3 Å². The normalized spacial score (nSPS) is 16.1. The van der Waals surface area contributed by atoms with Crippen molar-refractivity contribution in [2.75, 3.05) is 44.6 Å². The van der Waals surface area contributed by atoms with Crippen LogP contribution in [0.5, 0.6) is 0 Å². The summed E-state index contributed by atoms with van der Waals surface area (Å²) in [5.41, 5.74) is 3.21. The number of aliphatic hydroxyl groups excluding tert-OH is 1. The number of hydrogen-bond donors (Lipinski definition) is 3. The van der Waals surface area contributed by atoms with Gasteiger partial charge in [0.1, 0.15) is 23.5 Å². The van der Waals surface area contributed by atoms with Crippen molar-refractivity contribution >= 4 is 17.0 Å². The molecule has 0 radical (unpaired) electrons. The second-order valence-corrected chi connectivity index (χ2v) is 8.70. The Morgan fingerprint density at radius 3 is 2.14 bits per heavy atom. The fourth-order valence-electron chi connectivity index (χ4n) is 4.58. The summed E-state index contributed by atoms with van der Waals surface area (Å²) < 4.78 is 27.1. The third-order valence-electron chi connectivity index (χ3n) is 6.34. The summed E-state index contributed by atoms with van der Waals surface area (Å²) in [5.74, 6) is 0.0429. The molecule has 0 aliphatic carbocycles. The summed E-state index contributed by atoms with van der Waals surface area (Å²) >= 11 is 0. The van der Waals surface area contributed by atoms with Gasteiger partial charge in [0.2, 0.25) is 0 Å². The maximum Gasteiger partial charge on any atom is 0.182 e. The number of aliphatic hydroxyl groups is 1. The molecule has 5 rings (SSSR count). The van der Waals surface area contributed by atoms with Crippen molar-refractivity contribution in [2.24, 2.45) is 0 Å². The lowest BCUT2D eigenvalue weighted by atomic mass is 9.96. The molecule has 1 fully saturated rings. The molecule has 1 saturated heterocycles. The van der Waals surface area contributed by atoms with E-state index in [2.05, 4.69) is 35.1 Å². The summed E-state index contributed by atoms with van der Waals surface area (Å²) in [6, 6.07) is 12.9. The highest BCUT2D eigenvalue weighted by Crippen LogP contribution is 2.30. The monoisotopic (exact) mass is 479 g/mol. The van der Waals surface area contributed by atoms with Gasteiger partial charge in [0, 0.05) is 39.3 Å². The molecule has 0 bridgehead atoms. The van der Waals surface area contributed by atoms with Crippen LogP contribution in [0.3, 0.4) is 0 Å². The Kier molecular flexibility index (Phi) is 6.94. The van der Waals surface area contributed by atoms with Crippen LogP contribution in [0, 0.1) is 11.6 Å². The van der Waals surface area contributed by atoms with Gasteiger partial charge in [-0.05, 0) is 35.4 Å². The number of β-amino-alcohol motifs (C(OH)–C–C–N with tert-alkyl or cyclic N) is 1. The summed E-state index contributed by atoms with van der Waals surface area (Å²) in [7, 11) is 0. The van der Waals surface area contributed by atoms with Crippen LogP contribution in [-0.2, 0) is 0 Å². The standard InChI is InChI=1S/C25H27F2N7O/c26-19-5-1-17(2-6-19)23(18-3-7-20(27)8-4-18)34-11-9-33(10-12-34)14-21(35)13-28-24-22-25(30-15-29-22)32-16-31-24/h1-8,15-16,21,23,35H,9-14H2,(H2,28,29,30,31,32). The molecule has 8 nitrogen and oxygen atoms in total. The van der Waals surface area contributed by atoms with Crippen LogP contribution < -0.4 is 5.32 Å². The van der Waals surface area contributed by atoms with Gasteiger partial charge in [-0.2, -0.15) is 0 Å². The van der Waals surface area contributed by atoms with Crippen molar-refractivity contribution in [3.05, 3.63) is 83.9 Å². The molecule has 10 heteroatoms. The molecule has 1 aliphatic rings. The van der Waals surface area contributed by atoms with Gasteiger partial charge in [-0.15, -0.1) is 0 Å². The first kappa shape index (κ1) is 23.3. The minimum Gasteiger partial charge on any atom is -0.390 e. The molecule has 2 aromatic heterocycles. The topological polar surface area (TPSA) is 93.2 Å². The second kappa shape index (κ2) is 10.4. The van der Waals surface area contributed by atoms with Crippen molar-refractivity contribution < 1.29 is 13.9 Å². The van der Waals surface area contributed by atoms with Crippen molar-refractivity contribution in [1.82, 2.24) is 29.7 Å². The number of hydrogen-bond acceptors (Lipinski definition) is 7. The van der Waals surface area contributed by atoms with E-state index in [1.165, 1.54) is 30.6 Å². The Morgan fingerprint density at radius 2 is 1.51 bits per heavy atom. The Bertz CT molecular complexity index is 1200. The van der Waals surface area contributed by atoms with E-state index in [1.54, 1.807) is 30.6 Å². The number of fused-ring (bicyclic) bond motifs is 1. The van der Waals surface area contributed by atoms with Crippen LogP contribution in [0.2, 0.25) is 0 Å². The molecular formula is C25H27F2N7O. The van der Waals surface area contributed by atoms with Crippen LogP contribution in [0.1, 0.15) is 17.2 Å². The van der Waals surface area contributed by atoms with Crippen molar-refractivity contribution in [3.63, 3.8) is 0 Å². The number of rotatable bonds is 8. The summed E-state index contributed by atoms with van der Waals surface area (Å²) in [4.78, 5) is 20.0. The molecular weight excluding hydrogens is 452 g/mol. The number of imidazole rings is 1. The number of nitrogens with zero attached hydrogens (tertiary/aromatic N) is 5. The van der Waals surface area contributed by atoms with Gasteiger partial charge < -0.3 is 15.4 Å². The lowest BCUT2D eigenvalue weighted by Crippen LogP contribution is -2.50. The molecule has 0 saturated carbocycles. The van der Waals surface area contributed by atoms with E-state index in [4.69, 9.17) is 0 Å². The molecule has 1 aliphatic heterocycles. The zero-order chi connectivity index (χ0) is 24.2. The minimum absolute atomic E-state index is 0.0977. The third kappa shape index (κ3) is 5.45. The van der Waals surface area contributed by atoms with E-state index in [-0.39, 0.29) is 17.7 Å². The SMILES string of the molecule is OC(CNc1ncnc2nc[nH]c12)CN1CCN(C(c2ccc(F)cc2)c2ccc(F)cc2)CC1. The third-order valence-corrected chi connectivity index (χ3v) is 6.34. The van der Waals surface area contributed by atoms with Crippen LogP contribution in [0.4, 0.5) is 14.6 Å². The minimum atomic E-state index is -0.584. The fourth-order valence-corrected chi connectivity index (χ4v) is 4.58. The first-order valence-electron chi connectivity index (χ1n) is 11.6. The predicted octanol–water partition coefficient (Wildman–Crippen LogP) is 2.81. The maximum absolute atomic E-state index is 13.5. The van der Waals surface area contributed by atoms with E-state index in [1.807, 2.05) is 0 Å². The maximum atomic E-state index is 13.5. The van der Waals surface area contributed by atoms with Gasteiger partial charge in [-0.1, -0.05) is 24.3 Å². The summed E-state index contributed by atoms with van der Waals surface area (Å²) in [5, 5.41) is 13.8. The average molecular weight is 480 g/mol. The number of benzene rings is 2. The number of nitrogens with one attached hydrogen (secondary N) is 2. The highest BCUT2D eigenvalue weighted by atomic mass is 19.1. The number of piperazine rings is 1. The van der Waals surface area contributed by atoms with Gasteiger partial charge in [-0.25, -0.2) is 23.7 Å². The van der Waals surface area contributed by atoms with Crippen molar-refractivity contribution in [3.8, 4) is 0 Å². The molecule has 3 heterocycles. The second-order valence-electron chi connectivity index (χ2n) is 8.70. The predicted molar refractivity (Wildman–Crippen MR) is 129 cm³/mol. The fraction of sp³-hybridized carbons (Fsp3) is 0.320. The number of aromatic nitrogens is 4. The zero-order valence-corrected chi connectivity index (χ0v) is 19.1. The molecule has 0 spiro atoms. The molecule has 35 heavy (non-hydrogen) atoms. The van der Waals surface area contributed by atoms with Crippen LogP contribution in [0.15, 0.2) is 61.2 Å². The number of aromatic amines is 1. The first-order chi connectivity index (χ1) is 17.1. The Morgan fingerprint density at radius 1 is 0.886 bits per heavy atom. The molecule has 3 N–H and O–H groups in total. The summed E-state index contributed by atoms with van der Waals surface area (Å²) in [6.07, 6.45) is 2.42. The van der Waals surface area contributed by atoms with Gasteiger partial charge in [0.15, 0.2) is 11.5 Å². The lowest BCUT2D eigenvalue weighted by molar-refractivity contribution is 0.0671. The zero-order valence-electron chi connectivity index (χ0n) is 19.1. The van der Waals surface area contributed by atoms with E-state index < -0.39 is 6.10 Å². The van der Waals surface area contributed by atoms with E-state index in [0.29, 0.717) is 30.1 Å². The first-order valence-corrected chi connectivity index (χ1v) is 11.6.